The molecule has 0 bridgehead atoms. The van der Waals surface area contributed by atoms with Crippen molar-refractivity contribution in [1.82, 2.24) is 14.5 Å². The molecule has 1 aliphatic heterocycles. The van der Waals surface area contributed by atoms with Crippen LogP contribution in [0.4, 0.5) is 17.2 Å². The summed E-state index contributed by atoms with van der Waals surface area (Å²) >= 11 is 0. The van der Waals surface area contributed by atoms with Crippen LogP contribution < -0.4 is 26.8 Å². The van der Waals surface area contributed by atoms with Gasteiger partial charge in [0.15, 0.2) is 5.69 Å². The molecule has 1 aromatic carbocycles. The number of hydrogen-bond donors (Lipinski definition) is 2. The maximum atomic E-state index is 13.5. The first-order valence-electron chi connectivity index (χ1n) is 12.6. The average Bonchev–Trinajstić information content (AvgIpc) is 2.81. The fourth-order valence-electron chi connectivity index (χ4n) is 4.56. The van der Waals surface area contributed by atoms with Crippen LogP contribution in [0.5, 0.6) is 0 Å². The molecule has 9 heteroatoms. The van der Waals surface area contributed by atoms with Gasteiger partial charge in [-0.1, -0.05) is 39.3 Å². The smallest absolute Gasteiger partial charge is 0.330 e. The molecule has 1 amide bonds. The van der Waals surface area contributed by atoms with Crippen LogP contribution in [0.1, 0.15) is 44.7 Å². The monoisotopic (exact) mass is 484 g/mol. The zero-order valence-electron chi connectivity index (χ0n) is 21.8. The molecule has 1 saturated heterocycles. The number of aromatic nitrogens is 2. The van der Waals surface area contributed by atoms with E-state index in [1.807, 2.05) is 20.8 Å². The Morgan fingerprint density at radius 3 is 2.46 bits per heavy atom. The Labute approximate surface area is 207 Å². The molecular weight excluding hydrogens is 444 g/mol. The Hall–Kier alpha value is -3.07. The van der Waals surface area contributed by atoms with Gasteiger partial charge in [0.2, 0.25) is 5.91 Å². The van der Waals surface area contributed by atoms with E-state index >= 15 is 0 Å². The lowest BCUT2D eigenvalue weighted by molar-refractivity contribution is -0.119. The summed E-state index contributed by atoms with van der Waals surface area (Å²) in [5, 5.41) is 0. The van der Waals surface area contributed by atoms with E-state index < -0.39 is 11.2 Å². The number of nitrogens with zero attached hydrogens (tertiary/aromatic N) is 4. The molecule has 2 heterocycles. The van der Waals surface area contributed by atoms with E-state index in [9.17, 15) is 14.4 Å². The molecule has 0 atom stereocenters. The molecule has 35 heavy (non-hydrogen) atoms. The van der Waals surface area contributed by atoms with Crippen LogP contribution in [0, 0.1) is 19.8 Å². The lowest BCUT2D eigenvalue weighted by Gasteiger charge is -2.37. The van der Waals surface area contributed by atoms with Gasteiger partial charge < -0.3 is 15.5 Å². The number of aromatic amines is 1. The van der Waals surface area contributed by atoms with Gasteiger partial charge in [0.25, 0.3) is 5.56 Å². The molecule has 0 spiro atoms. The third-order valence-electron chi connectivity index (χ3n) is 6.72. The first-order valence-corrected chi connectivity index (χ1v) is 12.6. The van der Waals surface area contributed by atoms with Crippen molar-refractivity contribution >= 4 is 23.1 Å². The number of piperazine rings is 1. The molecule has 0 aliphatic carbocycles. The van der Waals surface area contributed by atoms with Gasteiger partial charge in [-0.25, -0.2) is 4.79 Å². The summed E-state index contributed by atoms with van der Waals surface area (Å²) in [6, 6.07) is 6.35. The number of H-pyrrole nitrogens is 1. The number of carbonyl (C=O) groups is 1. The fraction of sp³-hybridized carbons (Fsp3) is 0.577. The van der Waals surface area contributed by atoms with Gasteiger partial charge in [-0.3, -0.25) is 24.0 Å². The standard InChI is InChI=1S/C26H40N6O3/c1-6-7-11-31(23-24(27)32(16-18(2)3)26(35)28-25(23)34)22(33)17-29-12-14-30(15-13-29)21-10-8-9-19(4)20(21)5/h8-10,18H,6-7,11-17,27H2,1-5H3,(H,28,34,35). The van der Waals surface area contributed by atoms with Crippen molar-refractivity contribution in [2.45, 2.75) is 54.0 Å². The number of nitrogens with two attached hydrogens (primary N) is 1. The highest BCUT2D eigenvalue weighted by atomic mass is 16.2. The highest BCUT2D eigenvalue weighted by Crippen LogP contribution is 2.24. The van der Waals surface area contributed by atoms with Crippen molar-refractivity contribution in [3.8, 4) is 0 Å². The van der Waals surface area contributed by atoms with Gasteiger partial charge in [0.05, 0.1) is 6.54 Å². The first-order chi connectivity index (χ1) is 16.6. The van der Waals surface area contributed by atoms with Crippen molar-refractivity contribution in [2.75, 3.05) is 54.8 Å². The normalized spacial score (nSPS) is 14.5. The first kappa shape index (κ1) is 26.5. The maximum Gasteiger partial charge on any atom is 0.330 e. The van der Waals surface area contributed by atoms with Crippen LogP contribution in [0.25, 0.3) is 0 Å². The molecule has 9 nitrogen and oxygen atoms in total. The summed E-state index contributed by atoms with van der Waals surface area (Å²) in [6.45, 7) is 14.3. The quantitative estimate of drug-likeness (QED) is 0.566. The zero-order valence-corrected chi connectivity index (χ0v) is 21.8. The van der Waals surface area contributed by atoms with Crippen molar-refractivity contribution < 1.29 is 4.79 Å². The van der Waals surface area contributed by atoms with E-state index in [1.54, 1.807) is 0 Å². The number of hydrogen-bond acceptors (Lipinski definition) is 6. The average molecular weight is 485 g/mol. The summed E-state index contributed by atoms with van der Waals surface area (Å²) in [5.41, 5.74) is 9.04. The topological polar surface area (TPSA) is 108 Å². The number of benzene rings is 1. The third kappa shape index (κ3) is 6.14. The molecule has 1 aliphatic rings. The fourth-order valence-corrected chi connectivity index (χ4v) is 4.56. The predicted octanol–water partition coefficient (Wildman–Crippen LogP) is 2.35. The van der Waals surface area contributed by atoms with E-state index in [0.29, 0.717) is 13.1 Å². The van der Waals surface area contributed by atoms with E-state index in [1.165, 1.54) is 26.3 Å². The number of rotatable bonds is 9. The number of aryl methyl sites for hydroxylation is 1. The van der Waals surface area contributed by atoms with Crippen LogP contribution in [-0.4, -0.2) is 59.6 Å². The van der Waals surface area contributed by atoms with Crippen LogP contribution in [0.3, 0.4) is 0 Å². The maximum absolute atomic E-state index is 13.5. The van der Waals surface area contributed by atoms with E-state index in [2.05, 4.69) is 46.8 Å². The lowest BCUT2D eigenvalue weighted by atomic mass is 10.1. The highest BCUT2D eigenvalue weighted by molar-refractivity contribution is 5.96. The predicted molar refractivity (Wildman–Crippen MR) is 142 cm³/mol. The summed E-state index contributed by atoms with van der Waals surface area (Å²) in [7, 11) is 0. The van der Waals surface area contributed by atoms with Crippen LogP contribution in [0.15, 0.2) is 27.8 Å². The van der Waals surface area contributed by atoms with Gasteiger partial charge in [-0.15, -0.1) is 0 Å². The van der Waals surface area contributed by atoms with Gasteiger partial charge >= 0.3 is 5.69 Å². The van der Waals surface area contributed by atoms with Crippen molar-refractivity contribution in [1.29, 1.82) is 0 Å². The van der Waals surface area contributed by atoms with Gasteiger partial charge in [-0.2, -0.15) is 0 Å². The Morgan fingerprint density at radius 1 is 1.14 bits per heavy atom. The summed E-state index contributed by atoms with van der Waals surface area (Å²) < 4.78 is 1.36. The second-order valence-electron chi connectivity index (χ2n) is 9.88. The van der Waals surface area contributed by atoms with Crippen LogP contribution in [-0.2, 0) is 11.3 Å². The summed E-state index contributed by atoms with van der Waals surface area (Å²) in [5.74, 6) is 0.0316. The summed E-state index contributed by atoms with van der Waals surface area (Å²) in [4.78, 5) is 47.0. The van der Waals surface area contributed by atoms with E-state index in [4.69, 9.17) is 5.73 Å². The second kappa shape index (κ2) is 11.6. The molecule has 0 unspecified atom stereocenters. The summed E-state index contributed by atoms with van der Waals surface area (Å²) in [6.07, 6.45) is 1.59. The van der Waals surface area contributed by atoms with Crippen molar-refractivity contribution in [3.05, 3.63) is 50.2 Å². The van der Waals surface area contributed by atoms with Gasteiger partial charge in [-0.05, 0) is 43.4 Å². The second-order valence-corrected chi connectivity index (χ2v) is 9.88. The molecule has 0 saturated carbocycles. The molecule has 3 N–H and O–H groups in total. The number of nitrogen functional groups attached to an aromatic ring is 1. The Kier molecular flexibility index (Phi) is 8.77. The van der Waals surface area contributed by atoms with Gasteiger partial charge in [0, 0.05) is 45.0 Å². The molecule has 1 fully saturated rings. The molecule has 1 aromatic heterocycles. The minimum Gasteiger partial charge on any atom is -0.383 e. The molecule has 192 valence electrons. The van der Waals surface area contributed by atoms with Crippen molar-refractivity contribution in [3.63, 3.8) is 0 Å². The number of unbranched alkanes of at least 4 members (excludes halogenated alkanes) is 1. The lowest BCUT2D eigenvalue weighted by Crippen LogP contribution is -2.51. The van der Waals surface area contributed by atoms with Gasteiger partial charge in [0.1, 0.15) is 5.82 Å². The molecule has 2 aromatic rings. The Bertz CT molecular complexity index is 1140. The van der Waals surface area contributed by atoms with Crippen LogP contribution in [0.2, 0.25) is 0 Å². The largest absolute Gasteiger partial charge is 0.383 e. The minimum absolute atomic E-state index is 0.0524. The number of carbonyl (C=O) groups excluding carboxylic acids is 1. The molecule has 0 radical (unpaired) electrons. The zero-order chi connectivity index (χ0) is 25.7. The third-order valence-corrected chi connectivity index (χ3v) is 6.72. The Balaban J connectivity index is 1.78. The number of anilines is 3. The van der Waals surface area contributed by atoms with Crippen LogP contribution >= 0.6 is 0 Å². The van der Waals surface area contributed by atoms with E-state index in [-0.39, 0.29) is 29.9 Å². The van der Waals surface area contributed by atoms with E-state index in [0.717, 1.165) is 39.0 Å². The minimum atomic E-state index is -0.614. The highest BCUT2D eigenvalue weighted by Gasteiger charge is 2.27. The van der Waals surface area contributed by atoms with Crippen molar-refractivity contribution in [2.24, 2.45) is 5.92 Å². The molecular formula is C26H40N6O3. The Morgan fingerprint density at radius 2 is 1.83 bits per heavy atom. The molecule has 3 rings (SSSR count). The number of amides is 1. The SMILES string of the molecule is CCCCN(C(=O)CN1CCN(c2cccc(C)c2C)CC1)c1c(N)n(CC(C)C)c(=O)[nH]c1=O. The number of nitrogens with one attached hydrogen (secondary N) is 1.